The van der Waals surface area contributed by atoms with Gasteiger partial charge in [0.05, 0.1) is 20.8 Å². The maximum atomic E-state index is 5.29. The molecule has 25 heavy (non-hydrogen) atoms. The molecule has 0 atom stereocenters. The molecule has 0 bridgehead atoms. The molecule has 0 aliphatic carbocycles. The minimum absolute atomic E-state index is 0.506. The first-order valence-electron chi connectivity index (χ1n) is 8.28. The Morgan fingerprint density at radius 2 is 1.92 bits per heavy atom. The van der Waals surface area contributed by atoms with E-state index in [0.717, 1.165) is 30.4 Å². The summed E-state index contributed by atoms with van der Waals surface area (Å²) in [6.45, 7) is 4.11. The fourth-order valence-corrected chi connectivity index (χ4v) is 2.44. The molecule has 2 rings (SSSR count). The molecule has 1 heterocycles. The van der Waals surface area contributed by atoms with Gasteiger partial charge in [-0.3, -0.25) is 0 Å². The molecular weight excluding hydrogens is 316 g/mol. The molecule has 1 aromatic heterocycles. The lowest BCUT2D eigenvalue weighted by Crippen LogP contribution is -2.38. The smallest absolute Gasteiger partial charge is 0.218 e. The maximum absolute atomic E-state index is 5.29. The van der Waals surface area contributed by atoms with Gasteiger partial charge in [0.2, 0.25) is 5.88 Å². The molecule has 0 radical (unpaired) electrons. The van der Waals surface area contributed by atoms with Crippen LogP contribution in [0.4, 0.5) is 0 Å². The number of benzene rings is 1. The van der Waals surface area contributed by atoms with E-state index in [9.17, 15) is 0 Å². The van der Waals surface area contributed by atoms with Gasteiger partial charge in [-0.15, -0.1) is 0 Å². The minimum atomic E-state index is 0.506. The van der Waals surface area contributed by atoms with Gasteiger partial charge in [-0.25, -0.2) is 9.98 Å². The number of aromatic nitrogens is 1. The second kappa shape index (κ2) is 9.52. The topological polar surface area (TPSA) is 59.0 Å². The maximum Gasteiger partial charge on any atom is 0.218 e. The van der Waals surface area contributed by atoms with Crippen LogP contribution in [-0.2, 0) is 13.1 Å². The lowest BCUT2D eigenvalue weighted by molar-refractivity contribution is 0.392. The quantitative estimate of drug-likeness (QED) is 0.619. The van der Waals surface area contributed by atoms with Crippen LogP contribution in [0.3, 0.4) is 0 Å². The highest BCUT2D eigenvalue weighted by Crippen LogP contribution is 2.15. The van der Waals surface area contributed by atoms with Crippen molar-refractivity contribution in [3.8, 4) is 11.6 Å². The van der Waals surface area contributed by atoms with E-state index in [2.05, 4.69) is 34.3 Å². The second-order valence-corrected chi connectivity index (χ2v) is 5.55. The van der Waals surface area contributed by atoms with E-state index in [1.54, 1.807) is 20.4 Å². The number of nitrogens with one attached hydrogen (secondary N) is 1. The number of guanidine groups is 1. The summed E-state index contributed by atoms with van der Waals surface area (Å²) in [4.78, 5) is 11.0. The molecule has 6 nitrogen and oxygen atoms in total. The van der Waals surface area contributed by atoms with Crippen LogP contribution >= 0.6 is 0 Å². The molecule has 1 N–H and O–H groups in total. The van der Waals surface area contributed by atoms with Gasteiger partial charge in [0.15, 0.2) is 5.96 Å². The first-order valence-corrected chi connectivity index (χ1v) is 8.28. The molecule has 0 aliphatic rings. The molecule has 0 aliphatic heterocycles. The van der Waals surface area contributed by atoms with Crippen LogP contribution in [0.25, 0.3) is 0 Å². The summed E-state index contributed by atoms with van der Waals surface area (Å²) in [6.07, 6.45) is 1.72. The van der Waals surface area contributed by atoms with Crippen molar-refractivity contribution >= 4 is 5.96 Å². The van der Waals surface area contributed by atoms with Crippen molar-refractivity contribution in [1.29, 1.82) is 0 Å². The Kier molecular flexibility index (Phi) is 7.07. The van der Waals surface area contributed by atoms with Crippen LogP contribution < -0.4 is 14.8 Å². The molecule has 6 heteroatoms. The predicted molar refractivity (Wildman–Crippen MR) is 100 cm³/mol. The zero-order chi connectivity index (χ0) is 18.1. The van der Waals surface area contributed by atoms with E-state index in [-0.39, 0.29) is 0 Å². The lowest BCUT2D eigenvalue weighted by Gasteiger charge is -2.22. The SMILES string of the molecule is CCNC(=NCc1cccnc1OC)N(C)Cc1ccc(OC)cc1. The summed E-state index contributed by atoms with van der Waals surface area (Å²) in [5, 5.41) is 3.32. The van der Waals surface area contributed by atoms with Gasteiger partial charge in [-0.2, -0.15) is 0 Å². The number of aliphatic imine (C=N–C) groups is 1. The van der Waals surface area contributed by atoms with Crippen molar-refractivity contribution in [2.24, 2.45) is 4.99 Å². The summed E-state index contributed by atoms with van der Waals surface area (Å²) >= 11 is 0. The van der Waals surface area contributed by atoms with Gasteiger partial charge in [-0.1, -0.05) is 18.2 Å². The van der Waals surface area contributed by atoms with Crippen LogP contribution in [0.5, 0.6) is 11.6 Å². The molecule has 2 aromatic rings. The molecule has 0 saturated carbocycles. The normalized spacial score (nSPS) is 11.1. The number of hydrogen-bond donors (Lipinski definition) is 1. The van der Waals surface area contributed by atoms with Gasteiger partial charge in [0.1, 0.15) is 5.75 Å². The number of pyridine rings is 1. The van der Waals surface area contributed by atoms with Gasteiger partial charge in [0.25, 0.3) is 0 Å². The number of methoxy groups -OCH3 is 2. The standard InChI is InChI=1S/C19H26N4O2/c1-5-20-19(22-13-16-7-6-12-21-18(16)25-4)23(2)14-15-8-10-17(24-3)11-9-15/h6-12H,5,13-14H2,1-4H3,(H,20,22). The zero-order valence-corrected chi connectivity index (χ0v) is 15.3. The van der Waals surface area contributed by atoms with Crippen molar-refractivity contribution < 1.29 is 9.47 Å². The van der Waals surface area contributed by atoms with Crippen LogP contribution in [0.2, 0.25) is 0 Å². The summed E-state index contributed by atoms with van der Waals surface area (Å²) in [5.41, 5.74) is 2.14. The molecule has 0 spiro atoms. The van der Waals surface area contributed by atoms with Gasteiger partial charge in [0, 0.05) is 31.9 Å². The van der Waals surface area contributed by atoms with Crippen molar-refractivity contribution in [3.63, 3.8) is 0 Å². The van der Waals surface area contributed by atoms with Crippen molar-refractivity contribution in [3.05, 3.63) is 53.7 Å². The Balaban J connectivity index is 2.09. The number of nitrogens with zero attached hydrogens (tertiary/aromatic N) is 3. The van der Waals surface area contributed by atoms with Crippen molar-refractivity contribution in [1.82, 2.24) is 15.2 Å². The predicted octanol–water partition coefficient (Wildman–Crippen LogP) is 2.70. The van der Waals surface area contributed by atoms with E-state index in [1.807, 2.05) is 31.3 Å². The average molecular weight is 342 g/mol. The Bertz CT molecular complexity index is 686. The first kappa shape index (κ1) is 18.6. The summed E-state index contributed by atoms with van der Waals surface area (Å²) < 4.78 is 10.5. The molecule has 0 unspecified atom stereocenters. The van der Waals surface area contributed by atoms with E-state index < -0.39 is 0 Å². The molecule has 0 fully saturated rings. The van der Waals surface area contributed by atoms with Gasteiger partial charge < -0.3 is 19.7 Å². The Labute approximate surface area is 149 Å². The van der Waals surface area contributed by atoms with E-state index >= 15 is 0 Å². The molecule has 134 valence electrons. The van der Waals surface area contributed by atoms with Crippen molar-refractivity contribution in [2.75, 3.05) is 27.8 Å². The Morgan fingerprint density at radius 1 is 1.16 bits per heavy atom. The highest BCUT2D eigenvalue weighted by molar-refractivity contribution is 5.79. The zero-order valence-electron chi connectivity index (χ0n) is 15.3. The fraction of sp³-hybridized carbons (Fsp3) is 0.368. The highest BCUT2D eigenvalue weighted by Gasteiger charge is 2.08. The first-order chi connectivity index (χ1) is 12.2. The van der Waals surface area contributed by atoms with Gasteiger partial charge in [-0.05, 0) is 30.7 Å². The minimum Gasteiger partial charge on any atom is -0.497 e. The van der Waals surface area contributed by atoms with Crippen LogP contribution in [0.15, 0.2) is 47.6 Å². The summed E-state index contributed by atoms with van der Waals surface area (Å²) in [5.74, 6) is 2.31. The summed E-state index contributed by atoms with van der Waals surface area (Å²) in [7, 11) is 5.31. The molecular formula is C19H26N4O2. The van der Waals surface area contributed by atoms with E-state index in [4.69, 9.17) is 14.5 Å². The fourth-order valence-electron chi connectivity index (χ4n) is 2.44. The monoisotopic (exact) mass is 342 g/mol. The van der Waals surface area contributed by atoms with Crippen LogP contribution in [-0.4, -0.2) is 43.7 Å². The third-order valence-corrected chi connectivity index (χ3v) is 3.72. The largest absolute Gasteiger partial charge is 0.497 e. The molecule has 0 amide bonds. The van der Waals surface area contributed by atoms with Crippen LogP contribution in [0.1, 0.15) is 18.1 Å². The Morgan fingerprint density at radius 3 is 2.56 bits per heavy atom. The van der Waals surface area contributed by atoms with Gasteiger partial charge >= 0.3 is 0 Å². The second-order valence-electron chi connectivity index (χ2n) is 5.55. The summed E-state index contributed by atoms with van der Waals surface area (Å²) in [6, 6.07) is 11.9. The third-order valence-electron chi connectivity index (χ3n) is 3.72. The molecule has 1 aromatic carbocycles. The highest BCUT2D eigenvalue weighted by atomic mass is 16.5. The number of ether oxygens (including phenoxy) is 2. The number of rotatable bonds is 7. The van der Waals surface area contributed by atoms with E-state index in [1.165, 1.54) is 5.56 Å². The Hall–Kier alpha value is -2.76. The number of hydrogen-bond acceptors (Lipinski definition) is 4. The molecule has 0 saturated heterocycles. The third kappa shape index (κ3) is 5.38. The van der Waals surface area contributed by atoms with Crippen molar-refractivity contribution in [2.45, 2.75) is 20.0 Å². The average Bonchev–Trinajstić information content (AvgIpc) is 2.65. The van der Waals surface area contributed by atoms with Crippen LogP contribution in [0, 0.1) is 0 Å². The lowest BCUT2D eigenvalue weighted by atomic mass is 10.2. The van der Waals surface area contributed by atoms with E-state index in [0.29, 0.717) is 12.4 Å².